The van der Waals surface area contributed by atoms with Gasteiger partial charge in [0.15, 0.2) is 0 Å². The van der Waals surface area contributed by atoms with Crippen LogP contribution in [0.5, 0.6) is 0 Å². The molecule has 1 heterocycles. The second kappa shape index (κ2) is 5.07. The van der Waals surface area contributed by atoms with Crippen molar-refractivity contribution in [3.05, 3.63) is 65.5 Å². The van der Waals surface area contributed by atoms with Gasteiger partial charge in [-0.05, 0) is 36.5 Å². The van der Waals surface area contributed by atoms with E-state index in [4.69, 9.17) is 0 Å². The van der Waals surface area contributed by atoms with Gasteiger partial charge < -0.3 is 5.11 Å². The first-order valence-electron chi connectivity index (χ1n) is 6.85. The van der Waals surface area contributed by atoms with Crippen LogP contribution in [0.3, 0.4) is 0 Å². The molecule has 100 valence electrons. The molecule has 0 aliphatic heterocycles. The van der Waals surface area contributed by atoms with Crippen molar-refractivity contribution in [1.82, 2.24) is 4.98 Å². The molecule has 1 N–H and O–H groups in total. The third kappa shape index (κ3) is 1.90. The Bertz CT molecular complexity index is 648. The largest absolute Gasteiger partial charge is 0.386 e. The number of aliphatic hydroxyl groups excluding tert-OH is 1. The van der Waals surface area contributed by atoms with Crippen LogP contribution in [0.2, 0.25) is 0 Å². The Labute approximate surface area is 118 Å². The van der Waals surface area contributed by atoms with E-state index in [0.29, 0.717) is 12.0 Å². The number of pyridine rings is 1. The molecule has 2 aromatic rings. The number of hydrogen-bond donors (Lipinski definition) is 1. The molecule has 0 saturated heterocycles. The molecule has 1 aliphatic carbocycles. The zero-order valence-corrected chi connectivity index (χ0v) is 11.2. The van der Waals surface area contributed by atoms with E-state index >= 15 is 0 Å². The fourth-order valence-electron chi connectivity index (χ4n) is 3.15. The average molecular weight is 264 g/mol. The van der Waals surface area contributed by atoms with Gasteiger partial charge in [-0.3, -0.25) is 4.98 Å². The van der Waals surface area contributed by atoms with Crippen molar-refractivity contribution >= 4 is 0 Å². The Morgan fingerprint density at radius 3 is 2.85 bits per heavy atom. The van der Waals surface area contributed by atoms with E-state index in [0.717, 1.165) is 18.4 Å². The summed E-state index contributed by atoms with van der Waals surface area (Å²) in [5.74, 6) is 0. The van der Waals surface area contributed by atoms with Crippen molar-refractivity contribution in [3.63, 3.8) is 0 Å². The lowest BCUT2D eigenvalue weighted by Gasteiger charge is -2.37. The number of aromatic nitrogens is 1. The first kappa shape index (κ1) is 12.8. The Kier molecular flexibility index (Phi) is 3.25. The Balaban J connectivity index is 2.12. The van der Waals surface area contributed by atoms with Gasteiger partial charge in [-0.1, -0.05) is 30.3 Å². The minimum absolute atomic E-state index is 0.677. The van der Waals surface area contributed by atoms with Gasteiger partial charge in [0.25, 0.3) is 0 Å². The summed E-state index contributed by atoms with van der Waals surface area (Å²) < 4.78 is 0. The standard InChI is InChI=1S/C17H16N2O/c18-12-17(16(20)14-7-4-10-19-11-14)9-3-6-13-5-1-2-8-15(13)17/h1-2,4-5,7-8,10-11,16,20H,3,6,9H2. The normalized spacial score (nSPS) is 22.6. The van der Waals surface area contributed by atoms with E-state index < -0.39 is 11.5 Å². The maximum Gasteiger partial charge on any atom is 0.112 e. The number of rotatable bonds is 2. The second-order valence-corrected chi connectivity index (χ2v) is 5.28. The predicted octanol–water partition coefficient (Wildman–Crippen LogP) is 2.91. The Morgan fingerprint density at radius 1 is 1.25 bits per heavy atom. The maximum absolute atomic E-state index is 10.8. The molecule has 20 heavy (non-hydrogen) atoms. The van der Waals surface area contributed by atoms with Gasteiger partial charge in [0, 0.05) is 18.0 Å². The summed E-state index contributed by atoms with van der Waals surface area (Å²) in [6.07, 6.45) is 5.03. The second-order valence-electron chi connectivity index (χ2n) is 5.28. The highest BCUT2D eigenvalue weighted by Gasteiger charge is 2.43. The highest BCUT2D eigenvalue weighted by atomic mass is 16.3. The van der Waals surface area contributed by atoms with Crippen molar-refractivity contribution in [2.24, 2.45) is 0 Å². The van der Waals surface area contributed by atoms with Gasteiger partial charge in [0.1, 0.15) is 11.5 Å². The molecule has 2 atom stereocenters. The fraction of sp³-hybridized carbons (Fsp3) is 0.294. The van der Waals surface area contributed by atoms with Crippen LogP contribution < -0.4 is 0 Å². The van der Waals surface area contributed by atoms with Gasteiger partial charge in [-0.2, -0.15) is 5.26 Å². The van der Waals surface area contributed by atoms with Gasteiger partial charge >= 0.3 is 0 Å². The van der Waals surface area contributed by atoms with Gasteiger partial charge in [-0.25, -0.2) is 0 Å². The summed E-state index contributed by atoms with van der Waals surface area (Å²) >= 11 is 0. The maximum atomic E-state index is 10.8. The van der Waals surface area contributed by atoms with Gasteiger partial charge in [0.2, 0.25) is 0 Å². The van der Waals surface area contributed by atoms with Crippen LogP contribution in [0.25, 0.3) is 0 Å². The molecule has 1 aromatic carbocycles. The molecule has 0 saturated carbocycles. The minimum Gasteiger partial charge on any atom is -0.386 e. The first-order chi connectivity index (χ1) is 9.78. The summed E-state index contributed by atoms with van der Waals surface area (Å²) in [5.41, 5.74) is 1.97. The van der Waals surface area contributed by atoms with Crippen molar-refractivity contribution < 1.29 is 5.11 Å². The van der Waals surface area contributed by atoms with Crippen LogP contribution in [-0.4, -0.2) is 10.1 Å². The molecule has 3 nitrogen and oxygen atoms in total. The van der Waals surface area contributed by atoms with Crippen LogP contribution in [0.4, 0.5) is 0 Å². The number of fused-ring (bicyclic) bond motifs is 1. The fourth-order valence-corrected chi connectivity index (χ4v) is 3.15. The number of hydrogen-bond acceptors (Lipinski definition) is 3. The number of aryl methyl sites for hydroxylation is 1. The molecule has 1 aromatic heterocycles. The molecule has 1 aliphatic rings. The van der Waals surface area contributed by atoms with E-state index in [2.05, 4.69) is 17.1 Å². The molecular formula is C17H16N2O. The SMILES string of the molecule is N#CC1(C(O)c2cccnc2)CCCc2ccccc21. The van der Waals surface area contributed by atoms with Crippen molar-refractivity contribution in [3.8, 4) is 6.07 Å². The zero-order valence-electron chi connectivity index (χ0n) is 11.2. The van der Waals surface area contributed by atoms with Crippen LogP contribution in [0.1, 0.15) is 35.6 Å². The van der Waals surface area contributed by atoms with E-state index in [1.165, 1.54) is 5.56 Å². The summed E-state index contributed by atoms with van der Waals surface area (Å²) in [6.45, 7) is 0. The average Bonchev–Trinajstić information content (AvgIpc) is 2.54. The highest BCUT2D eigenvalue weighted by Crippen LogP contribution is 2.45. The number of aliphatic hydroxyl groups is 1. The molecule has 0 radical (unpaired) electrons. The summed E-state index contributed by atoms with van der Waals surface area (Å²) in [5, 5.41) is 20.6. The van der Waals surface area contributed by atoms with Crippen molar-refractivity contribution in [2.45, 2.75) is 30.8 Å². The van der Waals surface area contributed by atoms with E-state index in [-0.39, 0.29) is 0 Å². The minimum atomic E-state index is -0.863. The van der Waals surface area contributed by atoms with Gasteiger partial charge in [0.05, 0.1) is 6.07 Å². The van der Waals surface area contributed by atoms with E-state index in [1.54, 1.807) is 18.5 Å². The lowest BCUT2D eigenvalue weighted by atomic mass is 9.66. The molecule has 0 spiro atoms. The van der Waals surface area contributed by atoms with E-state index in [9.17, 15) is 10.4 Å². The molecule has 3 heteroatoms. The molecule has 2 unspecified atom stereocenters. The predicted molar refractivity (Wildman–Crippen MR) is 75.9 cm³/mol. The number of nitriles is 1. The zero-order chi connectivity index (χ0) is 14.0. The Morgan fingerprint density at radius 2 is 2.10 bits per heavy atom. The van der Waals surface area contributed by atoms with Gasteiger partial charge in [-0.15, -0.1) is 0 Å². The summed E-state index contributed by atoms with van der Waals surface area (Å²) in [4.78, 5) is 4.05. The quantitative estimate of drug-likeness (QED) is 0.907. The van der Waals surface area contributed by atoms with Crippen LogP contribution in [0.15, 0.2) is 48.8 Å². The number of nitrogens with zero attached hydrogens (tertiary/aromatic N) is 2. The van der Waals surface area contributed by atoms with Crippen molar-refractivity contribution in [2.75, 3.05) is 0 Å². The third-order valence-electron chi connectivity index (χ3n) is 4.18. The van der Waals surface area contributed by atoms with Crippen LogP contribution in [-0.2, 0) is 11.8 Å². The molecular weight excluding hydrogens is 248 g/mol. The number of benzene rings is 1. The Hall–Kier alpha value is -2.18. The summed E-state index contributed by atoms with van der Waals surface area (Å²) in [7, 11) is 0. The highest BCUT2D eigenvalue weighted by molar-refractivity contribution is 5.44. The molecule has 0 fully saturated rings. The van der Waals surface area contributed by atoms with Crippen molar-refractivity contribution in [1.29, 1.82) is 5.26 Å². The third-order valence-corrected chi connectivity index (χ3v) is 4.18. The smallest absolute Gasteiger partial charge is 0.112 e. The topological polar surface area (TPSA) is 56.9 Å². The molecule has 0 amide bonds. The molecule has 3 rings (SSSR count). The molecule has 0 bridgehead atoms. The van der Waals surface area contributed by atoms with E-state index in [1.807, 2.05) is 24.3 Å². The van der Waals surface area contributed by atoms with Crippen LogP contribution in [0, 0.1) is 11.3 Å². The lowest BCUT2D eigenvalue weighted by Crippen LogP contribution is -2.36. The van der Waals surface area contributed by atoms with Crippen LogP contribution >= 0.6 is 0 Å². The summed E-state index contributed by atoms with van der Waals surface area (Å²) in [6, 6.07) is 14.0. The lowest BCUT2D eigenvalue weighted by molar-refractivity contribution is 0.0993. The first-order valence-corrected chi connectivity index (χ1v) is 6.85. The monoisotopic (exact) mass is 264 g/mol.